The Morgan fingerprint density at radius 2 is 0.652 bits per heavy atom. The summed E-state index contributed by atoms with van der Waals surface area (Å²) in [5.74, 6) is 4.97. The minimum atomic E-state index is -2.18. The van der Waals surface area contributed by atoms with Crippen molar-refractivity contribution in [3.63, 3.8) is 0 Å². The van der Waals surface area contributed by atoms with Gasteiger partial charge in [0, 0.05) is 54.9 Å². The van der Waals surface area contributed by atoms with Gasteiger partial charge in [0.2, 0.25) is 0 Å². The van der Waals surface area contributed by atoms with E-state index in [0.717, 1.165) is 43.8 Å². The molecule has 8 rings (SSSR count). The minimum Gasteiger partial charge on any atom is -0.497 e. The molecule has 8 aromatic rings. The molecule has 0 N–H and O–H groups in total. The van der Waals surface area contributed by atoms with Crippen molar-refractivity contribution < 1.29 is 54.3 Å². The maximum absolute atomic E-state index is 7.27. The normalized spacial score (nSPS) is 11.8. The molecule has 6 aromatic carbocycles. The molecule has 0 aliphatic rings. The van der Waals surface area contributed by atoms with Crippen LogP contribution in [0.5, 0.6) is 46.0 Å². The van der Waals surface area contributed by atoms with Crippen LogP contribution >= 0.6 is 16.5 Å². The highest BCUT2D eigenvalue weighted by atomic mass is 31.1. The summed E-state index contributed by atoms with van der Waals surface area (Å²) in [4.78, 5) is 0. The van der Waals surface area contributed by atoms with E-state index < -0.39 is 27.3 Å². The van der Waals surface area contributed by atoms with E-state index in [1.807, 2.05) is 98.8 Å². The number of hydrogen-bond acceptors (Lipinski definition) is 12. The summed E-state index contributed by atoms with van der Waals surface area (Å²) in [6, 6.07) is 26.6. The molecule has 0 amide bonds. The number of hydrogen-bond donors (Lipinski definition) is 0. The fourth-order valence-electron chi connectivity index (χ4n) is 8.08. The van der Waals surface area contributed by atoms with Crippen molar-refractivity contribution in [3.05, 3.63) is 107 Å². The van der Waals surface area contributed by atoms with Crippen LogP contribution in [0.15, 0.2) is 102 Å². The lowest BCUT2D eigenvalue weighted by Crippen LogP contribution is -2.16. The first kappa shape index (κ1) is 46.1. The van der Waals surface area contributed by atoms with Crippen LogP contribution in [-0.2, 0) is 10.8 Å². The molecule has 2 heterocycles. The van der Waals surface area contributed by atoms with Gasteiger partial charge in [0.1, 0.15) is 68.3 Å². The lowest BCUT2D eigenvalue weighted by Gasteiger charge is -2.30. The van der Waals surface area contributed by atoms with Gasteiger partial charge in [-0.1, -0.05) is 41.5 Å². The highest BCUT2D eigenvalue weighted by Gasteiger charge is 2.34. The fraction of sp³-hybridized carbons (Fsp3) is 0.308. The molecule has 0 radical (unpaired) electrons. The Balaban J connectivity index is 1.48. The van der Waals surface area contributed by atoms with E-state index in [1.54, 1.807) is 42.7 Å². The molecule has 0 spiro atoms. The molecule has 0 saturated heterocycles. The van der Waals surface area contributed by atoms with Gasteiger partial charge in [0.15, 0.2) is 0 Å². The van der Waals surface area contributed by atoms with Gasteiger partial charge in [-0.3, -0.25) is 0 Å². The van der Waals surface area contributed by atoms with Gasteiger partial charge in [0.05, 0.1) is 42.7 Å². The summed E-state index contributed by atoms with van der Waals surface area (Å²) < 4.78 is 76.6. The molecule has 0 bridgehead atoms. The van der Waals surface area contributed by atoms with Gasteiger partial charge < -0.3 is 54.3 Å². The van der Waals surface area contributed by atoms with Crippen LogP contribution in [-0.4, -0.2) is 42.7 Å². The predicted molar refractivity (Wildman–Crippen MR) is 263 cm³/mol. The van der Waals surface area contributed by atoms with Gasteiger partial charge in [-0.2, -0.15) is 0 Å². The highest BCUT2D eigenvalue weighted by Crippen LogP contribution is 2.56. The Morgan fingerprint density at radius 1 is 0.379 bits per heavy atom. The third-order valence-corrected chi connectivity index (χ3v) is 13.7. The van der Waals surface area contributed by atoms with Gasteiger partial charge in [-0.15, -0.1) is 0 Å². The van der Waals surface area contributed by atoms with Crippen LogP contribution < -0.4 is 37.5 Å². The van der Waals surface area contributed by atoms with Gasteiger partial charge in [0.25, 0.3) is 0 Å². The summed E-state index contributed by atoms with van der Waals surface area (Å²) >= 11 is 0. The molecule has 2 aromatic heterocycles. The molecular formula is C52H56O12P2. The lowest BCUT2D eigenvalue weighted by atomic mass is 9.79. The maximum Gasteiger partial charge on any atom is 0.453 e. The first-order valence-corrected chi connectivity index (χ1v) is 23.5. The quantitative estimate of drug-likeness (QED) is 0.122. The van der Waals surface area contributed by atoms with Crippen molar-refractivity contribution in [2.24, 2.45) is 0 Å². The van der Waals surface area contributed by atoms with Gasteiger partial charge in [-0.05, 0) is 110 Å². The van der Waals surface area contributed by atoms with Crippen LogP contribution in [0.25, 0.3) is 55.0 Å². The zero-order valence-electron chi connectivity index (χ0n) is 39.9. The summed E-state index contributed by atoms with van der Waals surface area (Å²) in [5.41, 5.74) is 5.87. The summed E-state index contributed by atoms with van der Waals surface area (Å²) in [6.07, 6.45) is 0. The first-order valence-electron chi connectivity index (χ1n) is 21.4. The van der Waals surface area contributed by atoms with Crippen molar-refractivity contribution in [2.45, 2.75) is 66.2 Å². The Bertz CT molecular complexity index is 2880. The second-order valence-electron chi connectivity index (χ2n) is 17.9. The standard InChI is InChI=1S/C52H56O12P2/c1-29-45(57-13)27-39(51(3,4)5)49(63-65-59-41-19-15-31(53-9)23-35(41)36-24-32(54-10)16-20-42(36)60-65)47(29)48-30(2)46(58-14)28-40(52(6,7)8)50(48)64-66-61-43-21-17-33(55-11)25-37(43)38-26-34(56-12)18-22-44(38)62-66/h15-28H,1-14H3. The van der Waals surface area contributed by atoms with E-state index in [2.05, 4.69) is 41.5 Å². The van der Waals surface area contributed by atoms with Crippen molar-refractivity contribution in [3.8, 4) is 57.1 Å². The summed E-state index contributed by atoms with van der Waals surface area (Å²) in [5, 5.41) is 3.05. The topological polar surface area (TPSA) is 126 Å². The number of rotatable bonds is 11. The van der Waals surface area contributed by atoms with Crippen molar-refractivity contribution >= 4 is 60.4 Å². The predicted octanol–water partition coefficient (Wildman–Crippen LogP) is 15.5. The molecule has 0 aliphatic carbocycles. The van der Waals surface area contributed by atoms with Gasteiger partial charge >= 0.3 is 16.5 Å². The molecular weight excluding hydrogens is 879 g/mol. The van der Waals surface area contributed by atoms with E-state index in [1.165, 1.54) is 0 Å². The molecule has 0 saturated carbocycles. The van der Waals surface area contributed by atoms with Crippen molar-refractivity contribution in [2.75, 3.05) is 42.7 Å². The molecule has 0 atom stereocenters. The van der Waals surface area contributed by atoms with Crippen LogP contribution in [0.2, 0.25) is 0 Å². The second kappa shape index (κ2) is 18.1. The van der Waals surface area contributed by atoms with Crippen LogP contribution in [0.4, 0.5) is 0 Å². The summed E-state index contributed by atoms with van der Waals surface area (Å²) in [6.45, 7) is 16.8. The molecule has 0 fully saturated rings. The minimum absolute atomic E-state index is 0.490. The first-order chi connectivity index (χ1) is 31.5. The average Bonchev–Trinajstić information content (AvgIpc) is 3.54. The smallest absolute Gasteiger partial charge is 0.453 e. The Labute approximate surface area is 386 Å². The van der Waals surface area contributed by atoms with E-state index in [9.17, 15) is 0 Å². The monoisotopic (exact) mass is 934 g/mol. The second-order valence-corrected chi connectivity index (χ2v) is 19.8. The lowest BCUT2D eigenvalue weighted by molar-refractivity contribution is 0.405. The Hall–Kier alpha value is -6.48. The van der Waals surface area contributed by atoms with E-state index in [4.69, 9.17) is 54.3 Å². The molecule has 0 aliphatic heterocycles. The molecule has 66 heavy (non-hydrogen) atoms. The maximum atomic E-state index is 7.27. The van der Waals surface area contributed by atoms with Crippen LogP contribution in [0.1, 0.15) is 63.8 Å². The molecule has 12 nitrogen and oxygen atoms in total. The van der Waals surface area contributed by atoms with Crippen molar-refractivity contribution in [1.82, 2.24) is 0 Å². The Kier molecular flexibility index (Phi) is 12.6. The van der Waals surface area contributed by atoms with E-state index in [-0.39, 0.29) is 0 Å². The molecule has 0 unspecified atom stereocenters. The third kappa shape index (κ3) is 8.68. The number of methoxy groups -OCH3 is 6. The van der Waals surface area contributed by atoms with Crippen LogP contribution in [0, 0.1) is 13.8 Å². The third-order valence-electron chi connectivity index (χ3n) is 11.6. The molecule has 14 heteroatoms. The zero-order chi connectivity index (χ0) is 47.2. The zero-order valence-corrected chi connectivity index (χ0v) is 41.7. The largest absolute Gasteiger partial charge is 0.497 e. The van der Waals surface area contributed by atoms with Crippen LogP contribution in [0.3, 0.4) is 0 Å². The average molecular weight is 935 g/mol. The highest BCUT2D eigenvalue weighted by molar-refractivity contribution is 7.32. The summed E-state index contributed by atoms with van der Waals surface area (Å²) in [7, 11) is 5.50. The van der Waals surface area contributed by atoms with E-state index in [0.29, 0.717) is 79.5 Å². The number of benzene rings is 6. The number of fused-ring (bicyclic) bond motifs is 6. The SMILES string of the molecule is COc1ccc2op(Oc3c(C(C)(C)C)cc(OC)c(C)c3-c3c(C)c(OC)cc(C(C)(C)C)c3Op3oc4ccc(OC)cc4c4cc(OC)ccc4o3)oc3ccc(OC)cc3c2c1. The Morgan fingerprint density at radius 3 is 0.879 bits per heavy atom. The fourth-order valence-corrected chi connectivity index (χ4v) is 10.3. The molecule has 346 valence electrons. The number of ether oxygens (including phenoxy) is 6. The van der Waals surface area contributed by atoms with Gasteiger partial charge in [-0.25, -0.2) is 0 Å². The van der Waals surface area contributed by atoms with E-state index >= 15 is 0 Å². The van der Waals surface area contributed by atoms with Crippen molar-refractivity contribution in [1.29, 1.82) is 0 Å².